The molecule has 1 amide bonds. The number of nitrogens with one attached hydrogen (secondary N) is 1. The molecule has 1 fully saturated rings. The molecule has 8 heteroatoms. The van der Waals surface area contributed by atoms with E-state index in [1.165, 1.54) is 18.2 Å². The quantitative estimate of drug-likeness (QED) is 0.650. The molecule has 0 radical (unpaired) electrons. The average molecular weight is 328 g/mol. The number of nitrogens with zero attached hydrogens (tertiary/aromatic N) is 2. The minimum atomic E-state index is -0.597. The monoisotopic (exact) mass is 327 g/mol. The zero-order valence-corrected chi connectivity index (χ0v) is 12.9. The summed E-state index contributed by atoms with van der Waals surface area (Å²) >= 11 is 5.72. The van der Waals surface area contributed by atoms with Crippen molar-refractivity contribution in [3.63, 3.8) is 0 Å². The molecule has 7 nitrogen and oxygen atoms in total. The highest BCUT2D eigenvalue weighted by Gasteiger charge is 2.25. The lowest BCUT2D eigenvalue weighted by atomic mass is 9.96. The maximum atomic E-state index is 12.0. The number of β-amino-alcohol motifs (C(OH)–C–C–N with tert-alkyl or cyclic N) is 1. The SMILES string of the molecule is CC1CCN(CC(=O)Nc2ccc(Cl)c([N+](=O)[O-])c2)CC1O. The Kier molecular flexibility index (Phi) is 5.33. The Labute approximate surface area is 133 Å². The van der Waals surface area contributed by atoms with E-state index in [0.29, 0.717) is 12.2 Å². The zero-order valence-electron chi connectivity index (χ0n) is 12.2. The number of halogens is 1. The second kappa shape index (κ2) is 7.04. The number of hydrogen-bond acceptors (Lipinski definition) is 5. The predicted molar refractivity (Wildman–Crippen MR) is 83.0 cm³/mol. The predicted octanol–water partition coefficient (Wildman–Crippen LogP) is 1.89. The number of amides is 1. The number of nitro benzene ring substituents is 1. The van der Waals surface area contributed by atoms with Crippen LogP contribution in [0.1, 0.15) is 13.3 Å². The van der Waals surface area contributed by atoms with E-state index in [2.05, 4.69) is 5.32 Å². The Balaban J connectivity index is 1.95. The van der Waals surface area contributed by atoms with Crippen LogP contribution in [0.2, 0.25) is 5.02 Å². The highest BCUT2D eigenvalue weighted by Crippen LogP contribution is 2.27. The molecule has 1 aromatic carbocycles. The molecule has 120 valence electrons. The number of hydrogen-bond donors (Lipinski definition) is 2. The lowest BCUT2D eigenvalue weighted by molar-refractivity contribution is -0.384. The van der Waals surface area contributed by atoms with Gasteiger partial charge in [-0.15, -0.1) is 0 Å². The first-order chi connectivity index (χ1) is 10.4. The van der Waals surface area contributed by atoms with Gasteiger partial charge in [0, 0.05) is 18.3 Å². The molecule has 2 rings (SSSR count). The third-order valence-electron chi connectivity index (χ3n) is 3.80. The van der Waals surface area contributed by atoms with Crippen LogP contribution in [0, 0.1) is 16.0 Å². The van der Waals surface area contributed by atoms with Gasteiger partial charge in [0.25, 0.3) is 5.69 Å². The molecular formula is C14H18ClN3O4. The Morgan fingerprint density at radius 1 is 1.59 bits per heavy atom. The summed E-state index contributed by atoms with van der Waals surface area (Å²) in [4.78, 5) is 24.1. The second-order valence-corrected chi connectivity index (χ2v) is 5.95. The Morgan fingerprint density at radius 3 is 2.95 bits per heavy atom. The minimum absolute atomic E-state index is 0.0242. The van der Waals surface area contributed by atoms with Crippen LogP contribution in [0.5, 0.6) is 0 Å². The van der Waals surface area contributed by atoms with Gasteiger partial charge in [0.1, 0.15) is 5.02 Å². The highest BCUT2D eigenvalue weighted by molar-refractivity contribution is 6.32. The maximum Gasteiger partial charge on any atom is 0.289 e. The van der Waals surface area contributed by atoms with E-state index >= 15 is 0 Å². The van der Waals surface area contributed by atoms with E-state index in [1.807, 2.05) is 11.8 Å². The minimum Gasteiger partial charge on any atom is -0.392 e. The second-order valence-electron chi connectivity index (χ2n) is 5.54. The van der Waals surface area contributed by atoms with Crippen LogP contribution in [0.4, 0.5) is 11.4 Å². The van der Waals surface area contributed by atoms with Crippen molar-refractivity contribution in [3.05, 3.63) is 33.3 Å². The van der Waals surface area contributed by atoms with E-state index in [4.69, 9.17) is 11.6 Å². The van der Waals surface area contributed by atoms with Gasteiger partial charge < -0.3 is 10.4 Å². The number of carbonyl (C=O) groups is 1. The first-order valence-electron chi connectivity index (χ1n) is 7.01. The number of aliphatic hydroxyl groups excluding tert-OH is 1. The summed E-state index contributed by atoms with van der Waals surface area (Å²) in [7, 11) is 0. The maximum absolute atomic E-state index is 12.0. The van der Waals surface area contributed by atoms with Gasteiger partial charge in [-0.25, -0.2) is 0 Å². The van der Waals surface area contributed by atoms with E-state index in [9.17, 15) is 20.0 Å². The number of piperidine rings is 1. The standard InChI is InChI=1S/C14H18ClN3O4/c1-9-4-5-17(7-13(9)19)8-14(20)16-10-2-3-11(15)12(6-10)18(21)22/h2-3,6,9,13,19H,4-5,7-8H2,1H3,(H,16,20). The van der Waals surface area contributed by atoms with Crippen LogP contribution in [-0.2, 0) is 4.79 Å². The fourth-order valence-electron chi connectivity index (χ4n) is 2.39. The normalized spacial score (nSPS) is 22.3. The zero-order chi connectivity index (χ0) is 16.3. The van der Waals surface area contributed by atoms with Crippen molar-refractivity contribution in [1.29, 1.82) is 0 Å². The first kappa shape index (κ1) is 16.7. The summed E-state index contributed by atoms with van der Waals surface area (Å²) in [5.74, 6) is -0.0448. The summed E-state index contributed by atoms with van der Waals surface area (Å²) in [6, 6.07) is 4.12. The van der Waals surface area contributed by atoms with Crippen molar-refractivity contribution < 1.29 is 14.8 Å². The molecule has 1 aromatic rings. The smallest absolute Gasteiger partial charge is 0.289 e. The topological polar surface area (TPSA) is 95.7 Å². The van der Waals surface area contributed by atoms with E-state index in [0.717, 1.165) is 13.0 Å². The Hall–Kier alpha value is -1.70. The molecule has 1 aliphatic heterocycles. The molecule has 0 aromatic heterocycles. The van der Waals surface area contributed by atoms with Crippen molar-refractivity contribution in [2.45, 2.75) is 19.4 Å². The summed E-state index contributed by atoms with van der Waals surface area (Å²) in [6.07, 6.45) is 0.402. The van der Waals surface area contributed by atoms with Crippen molar-refractivity contribution in [3.8, 4) is 0 Å². The fourth-order valence-corrected chi connectivity index (χ4v) is 2.58. The Morgan fingerprint density at radius 2 is 2.32 bits per heavy atom. The number of rotatable bonds is 4. The number of nitro groups is 1. The molecule has 0 bridgehead atoms. The molecule has 1 aliphatic rings. The summed E-state index contributed by atoms with van der Waals surface area (Å²) in [5, 5.41) is 23.3. The van der Waals surface area contributed by atoms with Crippen molar-refractivity contribution >= 4 is 28.9 Å². The van der Waals surface area contributed by atoms with Crippen LogP contribution in [0.3, 0.4) is 0 Å². The highest BCUT2D eigenvalue weighted by atomic mass is 35.5. The van der Waals surface area contributed by atoms with E-state index in [1.54, 1.807) is 0 Å². The Bertz CT molecular complexity index is 581. The van der Waals surface area contributed by atoms with E-state index < -0.39 is 11.0 Å². The van der Waals surface area contributed by atoms with Gasteiger partial charge in [-0.3, -0.25) is 19.8 Å². The summed E-state index contributed by atoms with van der Waals surface area (Å²) in [6.45, 7) is 3.32. The molecule has 2 N–H and O–H groups in total. The molecule has 22 heavy (non-hydrogen) atoms. The lowest BCUT2D eigenvalue weighted by Gasteiger charge is -2.33. The molecule has 0 saturated carbocycles. The number of benzene rings is 1. The molecule has 1 heterocycles. The van der Waals surface area contributed by atoms with E-state index in [-0.39, 0.29) is 29.1 Å². The van der Waals surface area contributed by atoms with Crippen LogP contribution < -0.4 is 5.32 Å². The lowest BCUT2D eigenvalue weighted by Crippen LogP contribution is -2.45. The number of anilines is 1. The van der Waals surface area contributed by atoms with Gasteiger partial charge in [0.2, 0.25) is 5.91 Å². The number of carbonyl (C=O) groups excluding carboxylic acids is 1. The van der Waals surface area contributed by atoms with Crippen molar-refractivity contribution in [1.82, 2.24) is 4.90 Å². The van der Waals surface area contributed by atoms with Gasteiger partial charge in [0.15, 0.2) is 0 Å². The third-order valence-corrected chi connectivity index (χ3v) is 4.12. The molecule has 0 aliphatic carbocycles. The van der Waals surface area contributed by atoms with Crippen LogP contribution in [-0.4, -0.2) is 46.6 Å². The van der Waals surface area contributed by atoms with Crippen LogP contribution in [0.15, 0.2) is 18.2 Å². The largest absolute Gasteiger partial charge is 0.392 e. The fraction of sp³-hybridized carbons (Fsp3) is 0.500. The van der Waals surface area contributed by atoms with Crippen LogP contribution >= 0.6 is 11.6 Å². The van der Waals surface area contributed by atoms with Crippen LogP contribution in [0.25, 0.3) is 0 Å². The summed E-state index contributed by atoms with van der Waals surface area (Å²) in [5.41, 5.74) is 0.0775. The summed E-state index contributed by atoms with van der Waals surface area (Å²) < 4.78 is 0. The third kappa shape index (κ3) is 4.16. The molecule has 1 saturated heterocycles. The van der Waals surface area contributed by atoms with Gasteiger partial charge in [-0.05, 0) is 31.0 Å². The molecular weight excluding hydrogens is 310 g/mol. The molecule has 2 unspecified atom stereocenters. The van der Waals surface area contributed by atoms with Gasteiger partial charge in [0.05, 0.1) is 17.6 Å². The van der Waals surface area contributed by atoms with Gasteiger partial charge in [-0.1, -0.05) is 18.5 Å². The number of likely N-dealkylation sites (tertiary alicyclic amines) is 1. The molecule has 2 atom stereocenters. The van der Waals surface area contributed by atoms with Crippen molar-refractivity contribution in [2.24, 2.45) is 5.92 Å². The number of aliphatic hydroxyl groups is 1. The van der Waals surface area contributed by atoms with Gasteiger partial charge >= 0.3 is 0 Å². The van der Waals surface area contributed by atoms with Crippen molar-refractivity contribution in [2.75, 3.05) is 25.0 Å². The average Bonchev–Trinajstić information content (AvgIpc) is 2.44. The first-order valence-corrected chi connectivity index (χ1v) is 7.39. The van der Waals surface area contributed by atoms with Gasteiger partial charge in [-0.2, -0.15) is 0 Å². The molecule has 0 spiro atoms.